The van der Waals surface area contributed by atoms with Crippen LogP contribution in [0, 0.1) is 0 Å². The topological polar surface area (TPSA) is 29.5 Å². The minimum absolute atomic E-state index is 0.246. The van der Waals surface area contributed by atoms with Crippen molar-refractivity contribution in [2.24, 2.45) is 0 Å². The van der Waals surface area contributed by atoms with Crippen LogP contribution in [0.3, 0.4) is 0 Å². The highest BCUT2D eigenvalue weighted by atomic mass is 19.1. The molecule has 1 aliphatic rings. The van der Waals surface area contributed by atoms with Gasteiger partial charge in [0, 0.05) is 13.1 Å². The number of benzene rings is 1. The maximum atomic E-state index is 12.3. The normalized spacial score (nSPS) is 15.5. The molecule has 1 aromatic carbocycles. The van der Waals surface area contributed by atoms with E-state index in [-0.39, 0.29) is 12.7 Å². The maximum absolute atomic E-state index is 12.3. The van der Waals surface area contributed by atoms with E-state index in [1.165, 1.54) is 6.42 Å². The zero-order valence-electron chi connectivity index (χ0n) is 10.4. The third-order valence-electron chi connectivity index (χ3n) is 3.15. The van der Waals surface area contributed by atoms with E-state index in [1.807, 2.05) is 0 Å². The van der Waals surface area contributed by atoms with Crippen molar-refractivity contribution in [1.29, 1.82) is 0 Å². The molecule has 1 heterocycles. The Morgan fingerprint density at radius 1 is 1.11 bits per heavy atom. The van der Waals surface area contributed by atoms with E-state index >= 15 is 0 Å². The van der Waals surface area contributed by atoms with E-state index in [0.29, 0.717) is 5.56 Å². The van der Waals surface area contributed by atoms with Gasteiger partial charge in [-0.3, -0.25) is 0 Å². The van der Waals surface area contributed by atoms with Gasteiger partial charge >= 0.3 is 6.09 Å². The summed E-state index contributed by atoms with van der Waals surface area (Å²) in [4.78, 5) is 13.5. The van der Waals surface area contributed by atoms with Gasteiger partial charge in [-0.1, -0.05) is 24.3 Å². The van der Waals surface area contributed by atoms with Gasteiger partial charge in [-0.25, -0.2) is 9.18 Å². The molecule has 0 aliphatic carbocycles. The molecule has 4 heteroatoms. The van der Waals surface area contributed by atoms with E-state index in [9.17, 15) is 9.18 Å². The number of likely N-dealkylation sites (tertiary alicyclic amines) is 1. The van der Waals surface area contributed by atoms with Crippen molar-refractivity contribution in [3.8, 4) is 0 Å². The molecule has 3 nitrogen and oxygen atoms in total. The highest BCUT2D eigenvalue weighted by molar-refractivity contribution is 5.67. The lowest BCUT2D eigenvalue weighted by atomic mass is 10.1. The van der Waals surface area contributed by atoms with Gasteiger partial charge in [0.1, 0.15) is 13.3 Å². The van der Waals surface area contributed by atoms with Gasteiger partial charge in [-0.2, -0.15) is 0 Å². The van der Waals surface area contributed by atoms with Crippen LogP contribution in [-0.4, -0.2) is 24.1 Å². The van der Waals surface area contributed by atoms with Crippen molar-refractivity contribution in [3.05, 3.63) is 35.4 Å². The average molecular weight is 251 g/mol. The number of carbonyl (C=O) groups is 1. The SMILES string of the molecule is O=C(OCc1ccc(CF)cc1)N1CCCCC1. The van der Waals surface area contributed by atoms with Crippen LogP contribution in [0.4, 0.5) is 9.18 Å². The Bertz CT molecular complexity index is 385. The second kappa shape index (κ2) is 6.38. The summed E-state index contributed by atoms with van der Waals surface area (Å²) in [5, 5.41) is 0. The van der Waals surface area contributed by atoms with Crippen LogP contribution < -0.4 is 0 Å². The minimum Gasteiger partial charge on any atom is -0.445 e. The summed E-state index contributed by atoms with van der Waals surface area (Å²) < 4.78 is 17.6. The summed E-state index contributed by atoms with van der Waals surface area (Å²) in [6.07, 6.45) is 3.05. The number of rotatable bonds is 3. The average Bonchev–Trinajstić information content (AvgIpc) is 2.46. The van der Waals surface area contributed by atoms with Gasteiger partial charge < -0.3 is 9.64 Å². The predicted molar refractivity (Wildman–Crippen MR) is 66.9 cm³/mol. The molecule has 18 heavy (non-hydrogen) atoms. The second-order valence-corrected chi connectivity index (χ2v) is 4.55. The molecular formula is C14H18FNO2. The van der Waals surface area contributed by atoms with Crippen molar-refractivity contribution in [2.75, 3.05) is 13.1 Å². The molecule has 0 atom stereocenters. The van der Waals surface area contributed by atoms with Crippen LogP contribution in [0.15, 0.2) is 24.3 Å². The van der Waals surface area contributed by atoms with Crippen molar-refractivity contribution in [1.82, 2.24) is 4.90 Å². The summed E-state index contributed by atoms with van der Waals surface area (Å²) in [5.41, 5.74) is 1.53. The van der Waals surface area contributed by atoms with Gasteiger partial charge in [-0.15, -0.1) is 0 Å². The van der Waals surface area contributed by atoms with E-state index in [1.54, 1.807) is 29.2 Å². The molecule has 2 rings (SSSR count). The quantitative estimate of drug-likeness (QED) is 0.825. The Kier molecular flexibility index (Phi) is 4.56. The number of hydrogen-bond donors (Lipinski definition) is 0. The maximum Gasteiger partial charge on any atom is 0.410 e. The molecule has 1 amide bonds. The third kappa shape index (κ3) is 3.45. The Hall–Kier alpha value is -1.58. The number of ether oxygens (including phenoxy) is 1. The Balaban J connectivity index is 1.80. The second-order valence-electron chi connectivity index (χ2n) is 4.55. The summed E-state index contributed by atoms with van der Waals surface area (Å²) in [5.74, 6) is 0. The van der Waals surface area contributed by atoms with Gasteiger partial charge in [0.05, 0.1) is 0 Å². The van der Waals surface area contributed by atoms with Gasteiger partial charge in [-0.05, 0) is 30.4 Å². The largest absolute Gasteiger partial charge is 0.445 e. The molecule has 0 saturated carbocycles. The van der Waals surface area contributed by atoms with Crippen LogP contribution in [0.1, 0.15) is 30.4 Å². The first-order valence-corrected chi connectivity index (χ1v) is 6.35. The standard InChI is InChI=1S/C14H18FNO2/c15-10-12-4-6-13(7-5-12)11-18-14(17)16-8-2-1-3-9-16/h4-7H,1-3,8-11H2. The van der Waals surface area contributed by atoms with Crippen LogP contribution >= 0.6 is 0 Å². The summed E-state index contributed by atoms with van der Waals surface area (Å²) in [6.45, 7) is 1.37. The first-order valence-electron chi connectivity index (χ1n) is 6.35. The number of carbonyl (C=O) groups excluding carboxylic acids is 1. The van der Waals surface area contributed by atoms with Gasteiger partial charge in [0.25, 0.3) is 0 Å². The highest BCUT2D eigenvalue weighted by Gasteiger charge is 2.17. The van der Waals surface area contributed by atoms with Crippen LogP contribution in [0.25, 0.3) is 0 Å². The highest BCUT2D eigenvalue weighted by Crippen LogP contribution is 2.12. The molecule has 98 valence electrons. The van der Waals surface area contributed by atoms with Crippen molar-refractivity contribution in [3.63, 3.8) is 0 Å². The molecule has 0 radical (unpaired) electrons. The van der Waals surface area contributed by atoms with Crippen molar-refractivity contribution in [2.45, 2.75) is 32.5 Å². The fourth-order valence-electron chi connectivity index (χ4n) is 2.04. The number of alkyl halides is 1. The van der Waals surface area contributed by atoms with E-state index in [0.717, 1.165) is 31.5 Å². The first-order chi connectivity index (χ1) is 8.79. The molecule has 0 spiro atoms. The lowest BCUT2D eigenvalue weighted by Gasteiger charge is -2.25. The van der Waals surface area contributed by atoms with E-state index in [4.69, 9.17) is 4.74 Å². The number of piperidine rings is 1. The van der Waals surface area contributed by atoms with Crippen LogP contribution in [0.5, 0.6) is 0 Å². The van der Waals surface area contributed by atoms with Crippen molar-refractivity contribution >= 4 is 6.09 Å². The van der Waals surface area contributed by atoms with Crippen LogP contribution in [-0.2, 0) is 18.0 Å². The van der Waals surface area contributed by atoms with Gasteiger partial charge in [0.2, 0.25) is 0 Å². The predicted octanol–water partition coefficient (Wildman–Crippen LogP) is 3.28. The molecule has 0 aromatic heterocycles. The fraction of sp³-hybridized carbons (Fsp3) is 0.500. The zero-order chi connectivity index (χ0) is 12.8. The lowest BCUT2D eigenvalue weighted by molar-refractivity contribution is 0.0894. The minimum atomic E-state index is -0.464. The Labute approximate surface area is 107 Å². The van der Waals surface area contributed by atoms with E-state index in [2.05, 4.69) is 0 Å². The monoisotopic (exact) mass is 251 g/mol. The molecule has 0 unspecified atom stereocenters. The van der Waals surface area contributed by atoms with Crippen LogP contribution in [0.2, 0.25) is 0 Å². The lowest BCUT2D eigenvalue weighted by Crippen LogP contribution is -2.35. The summed E-state index contributed by atoms with van der Waals surface area (Å²) >= 11 is 0. The molecule has 1 aromatic rings. The number of halogens is 1. The smallest absolute Gasteiger partial charge is 0.410 e. The number of nitrogens with zero attached hydrogens (tertiary/aromatic N) is 1. The summed E-state index contributed by atoms with van der Waals surface area (Å²) in [7, 11) is 0. The molecule has 1 saturated heterocycles. The van der Waals surface area contributed by atoms with Crippen molar-refractivity contribution < 1.29 is 13.9 Å². The zero-order valence-corrected chi connectivity index (χ0v) is 10.4. The third-order valence-corrected chi connectivity index (χ3v) is 3.15. The fourth-order valence-corrected chi connectivity index (χ4v) is 2.04. The van der Waals surface area contributed by atoms with Gasteiger partial charge in [0.15, 0.2) is 0 Å². The molecular weight excluding hydrogens is 233 g/mol. The molecule has 0 N–H and O–H groups in total. The number of amides is 1. The first kappa shape index (κ1) is 12.9. The Morgan fingerprint density at radius 2 is 1.72 bits per heavy atom. The Morgan fingerprint density at radius 3 is 2.33 bits per heavy atom. The summed E-state index contributed by atoms with van der Waals surface area (Å²) in [6, 6.07) is 7.00. The molecule has 1 aliphatic heterocycles. The molecule has 1 fully saturated rings. The van der Waals surface area contributed by atoms with E-state index < -0.39 is 6.67 Å². The number of hydrogen-bond acceptors (Lipinski definition) is 2. The molecule has 0 bridgehead atoms.